The topological polar surface area (TPSA) is 82.1 Å². The van der Waals surface area contributed by atoms with Crippen LogP contribution in [-0.4, -0.2) is 15.1 Å². The van der Waals surface area contributed by atoms with Gasteiger partial charge in [-0.15, -0.1) is 0 Å². The van der Waals surface area contributed by atoms with Gasteiger partial charge in [-0.2, -0.15) is 18.2 Å². The predicted molar refractivity (Wildman–Crippen MR) is 56.4 cm³/mol. The summed E-state index contributed by atoms with van der Waals surface area (Å²) in [6.07, 6.45) is -4.77. The first-order chi connectivity index (χ1) is 8.79. The molecule has 0 unspecified atom stereocenters. The Kier molecular flexibility index (Phi) is 3.14. The Morgan fingerprint density at radius 1 is 1.37 bits per heavy atom. The standard InChI is InChI=1S/C9H3ClF3N3O3/c10-5-2-1-4(3-6(5)16(17)18)7-14-8(19-15-7)9(11,12)13/h1-3H. The molecule has 1 aromatic carbocycles. The van der Waals surface area contributed by atoms with Gasteiger partial charge in [0.1, 0.15) is 5.02 Å². The van der Waals surface area contributed by atoms with Crippen molar-refractivity contribution in [2.24, 2.45) is 0 Å². The summed E-state index contributed by atoms with van der Waals surface area (Å²) >= 11 is 5.57. The number of rotatable bonds is 2. The molecule has 0 bridgehead atoms. The average Bonchev–Trinajstić information content (AvgIpc) is 2.78. The maximum atomic E-state index is 12.3. The first-order valence-corrected chi connectivity index (χ1v) is 5.02. The van der Waals surface area contributed by atoms with Crippen LogP contribution < -0.4 is 0 Å². The lowest BCUT2D eigenvalue weighted by Crippen LogP contribution is -2.04. The summed E-state index contributed by atoms with van der Waals surface area (Å²) in [7, 11) is 0. The third-order valence-corrected chi connectivity index (χ3v) is 2.39. The van der Waals surface area contributed by atoms with E-state index in [4.69, 9.17) is 11.6 Å². The highest BCUT2D eigenvalue weighted by atomic mass is 35.5. The van der Waals surface area contributed by atoms with Gasteiger partial charge in [0.15, 0.2) is 0 Å². The van der Waals surface area contributed by atoms with E-state index in [-0.39, 0.29) is 10.6 Å². The smallest absolute Gasteiger partial charge is 0.329 e. The second-order valence-corrected chi connectivity index (χ2v) is 3.75. The van der Waals surface area contributed by atoms with E-state index in [0.717, 1.165) is 6.07 Å². The fourth-order valence-electron chi connectivity index (χ4n) is 1.25. The highest BCUT2D eigenvalue weighted by Crippen LogP contribution is 2.32. The van der Waals surface area contributed by atoms with Crippen molar-refractivity contribution < 1.29 is 22.6 Å². The minimum Gasteiger partial charge on any atom is -0.329 e. The van der Waals surface area contributed by atoms with Gasteiger partial charge in [0.25, 0.3) is 5.69 Å². The first kappa shape index (κ1) is 13.3. The van der Waals surface area contributed by atoms with Gasteiger partial charge in [0, 0.05) is 11.6 Å². The van der Waals surface area contributed by atoms with E-state index in [9.17, 15) is 23.3 Å². The summed E-state index contributed by atoms with van der Waals surface area (Å²) in [6.45, 7) is 0. The molecule has 0 aliphatic heterocycles. The van der Waals surface area contributed by atoms with Crippen LogP contribution in [-0.2, 0) is 6.18 Å². The number of benzene rings is 1. The van der Waals surface area contributed by atoms with Crippen LogP contribution in [0.1, 0.15) is 5.89 Å². The Balaban J connectivity index is 2.45. The van der Waals surface area contributed by atoms with Crippen LogP contribution in [0.2, 0.25) is 5.02 Å². The van der Waals surface area contributed by atoms with E-state index < -0.39 is 28.5 Å². The lowest BCUT2D eigenvalue weighted by atomic mass is 10.2. The molecule has 0 aliphatic carbocycles. The number of nitro groups is 1. The predicted octanol–water partition coefficient (Wildman–Crippen LogP) is 3.32. The Morgan fingerprint density at radius 3 is 2.58 bits per heavy atom. The van der Waals surface area contributed by atoms with Gasteiger partial charge in [-0.05, 0) is 12.1 Å². The fraction of sp³-hybridized carbons (Fsp3) is 0.111. The molecule has 6 nitrogen and oxygen atoms in total. The molecule has 0 spiro atoms. The quantitative estimate of drug-likeness (QED) is 0.626. The van der Waals surface area contributed by atoms with Crippen molar-refractivity contribution in [3.63, 3.8) is 0 Å². The highest BCUT2D eigenvalue weighted by molar-refractivity contribution is 6.32. The van der Waals surface area contributed by atoms with Crippen molar-refractivity contribution in [1.82, 2.24) is 10.1 Å². The largest absolute Gasteiger partial charge is 0.471 e. The molecule has 0 aliphatic rings. The minimum atomic E-state index is -4.77. The van der Waals surface area contributed by atoms with E-state index in [0.29, 0.717) is 0 Å². The van der Waals surface area contributed by atoms with Gasteiger partial charge in [-0.1, -0.05) is 16.8 Å². The van der Waals surface area contributed by atoms with E-state index in [2.05, 4.69) is 14.7 Å². The van der Waals surface area contributed by atoms with E-state index >= 15 is 0 Å². The van der Waals surface area contributed by atoms with Gasteiger partial charge in [0.05, 0.1) is 4.92 Å². The van der Waals surface area contributed by atoms with Crippen LogP contribution in [0.5, 0.6) is 0 Å². The Bertz CT molecular complexity index is 641. The number of aromatic nitrogens is 2. The molecule has 2 rings (SSSR count). The van der Waals surface area contributed by atoms with E-state index in [1.54, 1.807) is 0 Å². The summed E-state index contributed by atoms with van der Waals surface area (Å²) in [5, 5.41) is 13.6. The summed E-state index contributed by atoms with van der Waals surface area (Å²) in [6, 6.07) is 3.38. The number of hydrogen-bond donors (Lipinski definition) is 0. The number of alkyl halides is 3. The van der Waals surface area contributed by atoms with E-state index in [1.807, 2.05) is 0 Å². The molecule has 10 heteroatoms. The molecule has 0 radical (unpaired) electrons. The van der Waals surface area contributed by atoms with Gasteiger partial charge < -0.3 is 4.52 Å². The molecule has 0 saturated heterocycles. The Morgan fingerprint density at radius 2 is 2.05 bits per heavy atom. The molecule has 0 saturated carbocycles. The van der Waals surface area contributed by atoms with Crippen molar-refractivity contribution in [3.05, 3.63) is 39.2 Å². The van der Waals surface area contributed by atoms with Gasteiger partial charge in [-0.3, -0.25) is 10.1 Å². The fourth-order valence-corrected chi connectivity index (χ4v) is 1.43. The van der Waals surface area contributed by atoms with Crippen molar-refractivity contribution >= 4 is 17.3 Å². The van der Waals surface area contributed by atoms with Crippen LogP contribution in [0.3, 0.4) is 0 Å². The normalized spacial score (nSPS) is 11.6. The zero-order valence-electron chi connectivity index (χ0n) is 8.81. The van der Waals surface area contributed by atoms with Crippen LogP contribution in [0.25, 0.3) is 11.4 Å². The van der Waals surface area contributed by atoms with Crippen LogP contribution in [0.15, 0.2) is 22.7 Å². The number of halogens is 4. The molecule has 0 amide bonds. The van der Waals surface area contributed by atoms with Crippen molar-refractivity contribution in [2.45, 2.75) is 6.18 Å². The second kappa shape index (κ2) is 4.50. The van der Waals surface area contributed by atoms with Crippen LogP contribution >= 0.6 is 11.6 Å². The monoisotopic (exact) mass is 293 g/mol. The van der Waals surface area contributed by atoms with Crippen molar-refractivity contribution in [2.75, 3.05) is 0 Å². The van der Waals surface area contributed by atoms with Crippen molar-refractivity contribution in [1.29, 1.82) is 0 Å². The van der Waals surface area contributed by atoms with Gasteiger partial charge in [-0.25, -0.2) is 0 Å². The molecular formula is C9H3ClF3N3O3. The zero-order valence-corrected chi connectivity index (χ0v) is 9.57. The number of nitro benzene ring substituents is 1. The summed E-state index contributed by atoms with van der Waals surface area (Å²) in [5.74, 6) is -1.94. The molecule has 1 heterocycles. The number of nitrogens with zero attached hydrogens (tertiary/aromatic N) is 3. The molecule has 0 fully saturated rings. The lowest BCUT2D eigenvalue weighted by Gasteiger charge is -1.98. The van der Waals surface area contributed by atoms with Crippen LogP contribution in [0, 0.1) is 10.1 Å². The SMILES string of the molecule is O=[N+]([O-])c1cc(-c2noc(C(F)(F)F)n2)ccc1Cl. The summed E-state index contributed by atoms with van der Waals surface area (Å²) in [5.41, 5.74) is -0.465. The second-order valence-electron chi connectivity index (χ2n) is 3.34. The van der Waals surface area contributed by atoms with E-state index in [1.165, 1.54) is 12.1 Å². The van der Waals surface area contributed by atoms with Crippen molar-refractivity contribution in [3.8, 4) is 11.4 Å². The Hall–Kier alpha value is -2.16. The van der Waals surface area contributed by atoms with Gasteiger partial charge in [0.2, 0.25) is 5.82 Å². The maximum absolute atomic E-state index is 12.3. The Labute approximate surface area is 107 Å². The van der Waals surface area contributed by atoms with Gasteiger partial charge >= 0.3 is 12.1 Å². The third kappa shape index (κ3) is 2.65. The van der Waals surface area contributed by atoms with Crippen LogP contribution in [0.4, 0.5) is 18.9 Å². The molecule has 2 aromatic rings. The summed E-state index contributed by atoms with van der Waals surface area (Å²) < 4.78 is 40.8. The zero-order chi connectivity index (χ0) is 14.2. The summed E-state index contributed by atoms with van der Waals surface area (Å²) in [4.78, 5) is 13.0. The molecule has 1 aromatic heterocycles. The lowest BCUT2D eigenvalue weighted by molar-refractivity contribution is -0.384. The molecule has 0 atom stereocenters. The third-order valence-electron chi connectivity index (χ3n) is 2.07. The molecule has 0 N–H and O–H groups in total. The first-order valence-electron chi connectivity index (χ1n) is 4.64. The molecule has 100 valence electrons. The maximum Gasteiger partial charge on any atom is 0.471 e. The number of hydrogen-bond acceptors (Lipinski definition) is 5. The minimum absolute atomic E-state index is 0.00431. The molecule has 19 heavy (non-hydrogen) atoms. The highest BCUT2D eigenvalue weighted by Gasteiger charge is 2.38. The molecular weight excluding hydrogens is 291 g/mol. The average molecular weight is 294 g/mol.